The first-order valence-electron chi connectivity index (χ1n) is 8.89. The summed E-state index contributed by atoms with van der Waals surface area (Å²) in [5.41, 5.74) is 0.458. The summed E-state index contributed by atoms with van der Waals surface area (Å²) in [6, 6.07) is 13.9. The van der Waals surface area contributed by atoms with Gasteiger partial charge in [0.15, 0.2) is 5.82 Å². The zero-order valence-corrected chi connectivity index (χ0v) is 16.3. The molecule has 0 bridgehead atoms. The highest BCUT2D eigenvalue weighted by Gasteiger charge is 2.38. The van der Waals surface area contributed by atoms with Crippen LogP contribution in [0.3, 0.4) is 0 Å². The van der Waals surface area contributed by atoms with E-state index in [9.17, 15) is 22.0 Å². The topological polar surface area (TPSA) is 82.6 Å². The van der Waals surface area contributed by atoms with Crippen LogP contribution in [0.5, 0.6) is 0 Å². The molecule has 4 rings (SSSR count). The van der Waals surface area contributed by atoms with E-state index in [0.29, 0.717) is 5.69 Å². The van der Waals surface area contributed by atoms with E-state index in [1.165, 1.54) is 60.8 Å². The number of anilines is 3. The average molecular weight is 430 g/mol. The van der Waals surface area contributed by atoms with E-state index in [-0.39, 0.29) is 23.1 Å². The van der Waals surface area contributed by atoms with Crippen LogP contribution < -0.4 is 10.2 Å². The molecular weight excluding hydrogens is 414 g/mol. The second-order valence-electron chi connectivity index (χ2n) is 6.51. The SMILES string of the molecule is O=C(CN1CN(c2ccc(F)cc2)c2ncccc2S1(=O)=O)Nc1ccccc1F. The maximum Gasteiger partial charge on any atom is 0.248 e. The number of nitrogens with zero attached hydrogens (tertiary/aromatic N) is 3. The second kappa shape index (κ2) is 7.81. The molecule has 3 aromatic rings. The molecular formula is C20H16F2N4O3S. The maximum absolute atomic E-state index is 13.8. The first kappa shape index (κ1) is 19.9. The van der Waals surface area contributed by atoms with Crippen molar-refractivity contribution in [2.45, 2.75) is 4.90 Å². The van der Waals surface area contributed by atoms with Gasteiger partial charge in [0.25, 0.3) is 0 Å². The van der Waals surface area contributed by atoms with Crippen molar-refractivity contribution in [2.75, 3.05) is 23.4 Å². The van der Waals surface area contributed by atoms with Gasteiger partial charge >= 0.3 is 0 Å². The molecule has 0 spiro atoms. The van der Waals surface area contributed by atoms with E-state index >= 15 is 0 Å². The molecule has 0 unspecified atom stereocenters. The highest BCUT2D eigenvalue weighted by molar-refractivity contribution is 7.89. The molecule has 0 aliphatic carbocycles. The number of halogens is 2. The van der Waals surface area contributed by atoms with Gasteiger partial charge in [-0.25, -0.2) is 22.2 Å². The predicted octanol–water partition coefficient (Wildman–Crippen LogP) is 3.10. The molecule has 1 aliphatic heterocycles. The minimum atomic E-state index is -4.03. The van der Waals surface area contributed by atoms with Crippen molar-refractivity contribution < 1.29 is 22.0 Å². The highest BCUT2D eigenvalue weighted by Crippen LogP contribution is 2.35. The number of hydrogen-bond acceptors (Lipinski definition) is 5. The smallest absolute Gasteiger partial charge is 0.248 e. The summed E-state index contributed by atoms with van der Waals surface area (Å²) in [7, 11) is -4.03. The number of rotatable bonds is 4. The maximum atomic E-state index is 13.8. The van der Waals surface area contributed by atoms with Gasteiger partial charge < -0.3 is 10.2 Å². The van der Waals surface area contributed by atoms with Crippen molar-refractivity contribution in [3.8, 4) is 0 Å². The molecule has 1 aliphatic rings. The highest BCUT2D eigenvalue weighted by atomic mass is 32.2. The Hall–Kier alpha value is -3.37. The van der Waals surface area contributed by atoms with Crippen molar-refractivity contribution >= 4 is 33.1 Å². The van der Waals surface area contributed by atoms with Crippen LogP contribution >= 0.6 is 0 Å². The first-order valence-corrected chi connectivity index (χ1v) is 10.3. The lowest BCUT2D eigenvalue weighted by Gasteiger charge is -2.36. The van der Waals surface area contributed by atoms with E-state index in [0.717, 1.165) is 4.31 Å². The number of fused-ring (bicyclic) bond motifs is 1. The fourth-order valence-corrected chi connectivity index (χ4v) is 4.58. The molecule has 0 radical (unpaired) electrons. The molecule has 0 saturated carbocycles. The van der Waals surface area contributed by atoms with Crippen LogP contribution in [0.1, 0.15) is 0 Å². The fourth-order valence-electron chi connectivity index (χ4n) is 3.10. The molecule has 2 heterocycles. The molecule has 0 saturated heterocycles. The summed E-state index contributed by atoms with van der Waals surface area (Å²) in [4.78, 5) is 18.1. The number of nitrogens with one attached hydrogen (secondary N) is 1. The summed E-state index contributed by atoms with van der Waals surface area (Å²) in [6.45, 7) is -0.759. The van der Waals surface area contributed by atoms with Crippen LogP contribution in [-0.2, 0) is 14.8 Å². The zero-order chi connectivity index (χ0) is 21.3. The molecule has 1 N–H and O–H groups in total. The molecule has 0 atom stereocenters. The Labute approximate surface area is 171 Å². The molecule has 30 heavy (non-hydrogen) atoms. The summed E-state index contributed by atoms with van der Waals surface area (Å²) < 4.78 is 54.2. The minimum Gasteiger partial charge on any atom is -0.322 e. The number of benzene rings is 2. The lowest BCUT2D eigenvalue weighted by molar-refractivity contribution is -0.116. The van der Waals surface area contributed by atoms with Crippen LogP contribution in [0, 0.1) is 11.6 Å². The number of aromatic nitrogens is 1. The van der Waals surface area contributed by atoms with Crippen LogP contribution in [0.4, 0.5) is 26.0 Å². The van der Waals surface area contributed by atoms with Gasteiger partial charge in [0.2, 0.25) is 15.9 Å². The molecule has 1 amide bonds. The van der Waals surface area contributed by atoms with Gasteiger partial charge in [-0.05, 0) is 48.5 Å². The Morgan fingerprint density at radius 3 is 2.50 bits per heavy atom. The number of sulfonamides is 1. The van der Waals surface area contributed by atoms with Crippen molar-refractivity contribution in [3.63, 3.8) is 0 Å². The molecule has 2 aromatic carbocycles. The van der Waals surface area contributed by atoms with E-state index in [1.54, 1.807) is 11.0 Å². The minimum absolute atomic E-state index is 0.0469. The molecule has 1 aromatic heterocycles. The number of pyridine rings is 1. The zero-order valence-electron chi connectivity index (χ0n) is 15.5. The van der Waals surface area contributed by atoms with Crippen molar-refractivity contribution in [1.29, 1.82) is 0 Å². The van der Waals surface area contributed by atoms with E-state index in [2.05, 4.69) is 10.3 Å². The standard InChI is InChI=1S/C20H16F2N4O3S/c21-14-7-9-15(10-8-14)26-13-25(30(28,29)18-6-3-11-23-20(18)26)12-19(27)24-17-5-2-1-4-16(17)22/h1-11H,12-13H2,(H,24,27). The number of para-hydroxylation sites is 1. The molecule has 0 fully saturated rings. The monoisotopic (exact) mass is 430 g/mol. The van der Waals surface area contributed by atoms with Gasteiger partial charge in [0.1, 0.15) is 16.5 Å². The van der Waals surface area contributed by atoms with Crippen LogP contribution in [-0.4, -0.2) is 36.8 Å². The third kappa shape index (κ3) is 3.74. The van der Waals surface area contributed by atoms with Crippen molar-refractivity contribution in [3.05, 3.63) is 78.5 Å². The molecule has 7 nitrogen and oxygen atoms in total. The van der Waals surface area contributed by atoms with Gasteiger partial charge in [-0.15, -0.1) is 0 Å². The van der Waals surface area contributed by atoms with Gasteiger partial charge in [-0.1, -0.05) is 12.1 Å². The van der Waals surface area contributed by atoms with Gasteiger partial charge in [0, 0.05) is 11.9 Å². The van der Waals surface area contributed by atoms with E-state index in [1.807, 2.05) is 0 Å². The number of hydrogen-bond donors (Lipinski definition) is 1. The van der Waals surface area contributed by atoms with Gasteiger partial charge in [0.05, 0.1) is 18.9 Å². The fraction of sp³-hybridized carbons (Fsp3) is 0.100. The average Bonchev–Trinajstić information content (AvgIpc) is 2.73. The summed E-state index contributed by atoms with van der Waals surface area (Å²) in [5, 5.41) is 2.38. The number of amides is 1. The summed E-state index contributed by atoms with van der Waals surface area (Å²) in [6.07, 6.45) is 1.45. The Morgan fingerprint density at radius 2 is 1.77 bits per heavy atom. The van der Waals surface area contributed by atoms with E-state index in [4.69, 9.17) is 0 Å². The Balaban J connectivity index is 1.66. The quantitative estimate of drug-likeness (QED) is 0.688. The summed E-state index contributed by atoms with van der Waals surface area (Å²) in [5.74, 6) is -1.59. The Morgan fingerprint density at radius 1 is 1.03 bits per heavy atom. The number of carbonyl (C=O) groups is 1. The second-order valence-corrected chi connectivity index (χ2v) is 8.42. The van der Waals surface area contributed by atoms with Crippen molar-refractivity contribution in [1.82, 2.24) is 9.29 Å². The Bertz CT molecular complexity index is 1200. The summed E-state index contributed by atoms with van der Waals surface area (Å²) >= 11 is 0. The number of carbonyl (C=O) groups excluding carboxylic acids is 1. The lowest BCUT2D eigenvalue weighted by Crippen LogP contribution is -2.47. The van der Waals surface area contributed by atoms with Gasteiger partial charge in [-0.3, -0.25) is 4.79 Å². The largest absolute Gasteiger partial charge is 0.322 e. The first-order chi connectivity index (χ1) is 14.4. The third-order valence-electron chi connectivity index (χ3n) is 4.53. The van der Waals surface area contributed by atoms with Crippen molar-refractivity contribution in [2.24, 2.45) is 0 Å². The van der Waals surface area contributed by atoms with Gasteiger partial charge in [-0.2, -0.15) is 4.31 Å². The van der Waals surface area contributed by atoms with Crippen LogP contribution in [0.2, 0.25) is 0 Å². The Kier molecular flexibility index (Phi) is 5.18. The lowest BCUT2D eigenvalue weighted by atomic mass is 10.2. The molecule has 10 heteroatoms. The normalized spacial score (nSPS) is 15.5. The van der Waals surface area contributed by atoms with Crippen LogP contribution in [0.25, 0.3) is 0 Å². The van der Waals surface area contributed by atoms with Crippen LogP contribution in [0.15, 0.2) is 71.8 Å². The predicted molar refractivity (Wildman–Crippen MR) is 107 cm³/mol. The third-order valence-corrected chi connectivity index (χ3v) is 6.33. The van der Waals surface area contributed by atoms with E-state index < -0.39 is 34.1 Å². The molecule has 154 valence electrons.